The van der Waals surface area contributed by atoms with Gasteiger partial charge in [-0.15, -0.1) is 5.10 Å². The first-order valence-corrected chi connectivity index (χ1v) is 5.34. The minimum atomic E-state index is 0.360. The Kier molecular flexibility index (Phi) is 2.22. The van der Waals surface area contributed by atoms with Gasteiger partial charge in [-0.2, -0.15) is 15.5 Å². The molecule has 6 heteroatoms. The summed E-state index contributed by atoms with van der Waals surface area (Å²) in [6, 6.07) is 6.08. The van der Waals surface area contributed by atoms with Gasteiger partial charge in [0.1, 0.15) is 6.07 Å². The Morgan fingerprint density at radius 3 is 2.94 bits per heavy atom. The van der Waals surface area contributed by atoms with Crippen LogP contribution in [-0.2, 0) is 0 Å². The summed E-state index contributed by atoms with van der Waals surface area (Å²) in [5, 5.41) is 21.0. The lowest BCUT2D eigenvalue weighted by Crippen LogP contribution is -2.48. The lowest BCUT2D eigenvalue weighted by atomic mass is 10.1. The quantitative estimate of drug-likeness (QED) is 0.750. The van der Waals surface area contributed by atoms with Gasteiger partial charge in [0.15, 0.2) is 5.82 Å². The van der Waals surface area contributed by atoms with Gasteiger partial charge >= 0.3 is 0 Å². The predicted molar refractivity (Wildman–Crippen MR) is 60.2 cm³/mol. The normalized spacial score (nSPS) is 15.4. The van der Waals surface area contributed by atoms with E-state index in [1.54, 1.807) is 12.3 Å². The minimum absolute atomic E-state index is 0.360. The Morgan fingerprint density at radius 1 is 1.35 bits per heavy atom. The summed E-state index contributed by atoms with van der Waals surface area (Å²) in [6.07, 6.45) is 5.25. The molecule has 84 valence electrons. The molecule has 0 amide bonds. The highest BCUT2D eigenvalue weighted by Gasteiger charge is 2.31. The summed E-state index contributed by atoms with van der Waals surface area (Å²) >= 11 is 0. The molecule has 2 aromatic heterocycles. The second-order valence-corrected chi connectivity index (χ2v) is 3.93. The Balaban J connectivity index is 1.75. The first-order chi connectivity index (χ1) is 8.38. The standard InChI is InChI=1S/C11H10N6/c12-6-9-2-4-13-15-11(9)16-7-10(8-16)17-5-1-3-14-17/h1-5,10H,7-8H2. The van der Waals surface area contributed by atoms with Crippen LogP contribution in [0.5, 0.6) is 0 Å². The van der Waals surface area contributed by atoms with Crippen molar-refractivity contribution in [3.05, 3.63) is 36.3 Å². The van der Waals surface area contributed by atoms with E-state index in [1.807, 2.05) is 21.8 Å². The predicted octanol–water partition coefficient (Wildman–Crippen LogP) is 0.606. The van der Waals surface area contributed by atoms with E-state index in [0.29, 0.717) is 17.4 Å². The maximum atomic E-state index is 8.97. The zero-order valence-electron chi connectivity index (χ0n) is 9.06. The van der Waals surface area contributed by atoms with Crippen LogP contribution >= 0.6 is 0 Å². The van der Waals surface area contributed by atoms with Crippen molar-refractivity contribution in [2.45, 2.75) is 6.04 Å². The third-order valence-electron chi connectivity index (χ3n) is 2.88. The fraction of sp³-hybridized carbons (Fsp3) is 0.273. The molecule has 1 saturated heterocycles. The summed E-state index contributed by atoms with van der Waals surface area (Å²) in [5.74, 6) is 0.665. The van der Waals surface area contributed by atoms with E-state index < -0.39 is 0 Å². The maximum absolute atomic E-state index is 8.97. The van der Waals surface area contributed by atoms with Crippen molar-refractivity contribution in [2.75, 3.05) is 18.0 Å². The van der Waals surface area contributed by atoms with Crippen molar-refractivity contribution in [1.29, 1.82) is 5.26 Å². The smallest absolute Gasteiger partial charge is 0.169 e. The molecule has 3 heterocycles. The zero-order valence-corrected chi connectivity index (χ0v) is 9.06. The molecule has 6 nitrogen and oxygen atoms in total. The number of nitriles is 1. The second-order valence-electron chi connectivity index (χ2n) is 3.93. The molecule has 0 atom stereocenters. The molecule has 0 N–H and O–H groups in total. The SMILES string of the molecule is N#Cc1ccnnc1N1CC(n2cccn2)C1. The van der Waals surface area contributed by atoms with E-state index in [4.69, 9.17) is 5.26 Å². The molecule has 0 unspecified atom stereocenters. The molecular weight excluding hydrogens is 216 g/mol. The Bertz CT molecular complexity index is 550. The van der Waals surface area contributed by atoms with E-state index in [9.17, 15) is 0 Å². The summed E-state index contributed by atoms with van der Waals surface area (Å²) in [4.78, 5) is 2.04. The molecule has 0 radical (unpaired) electrons. The summed E-state index contributed by atoms with van der Waals surface area (Å²) in [6.45, 7) is 1.63. The van der Waals surface area contributed by atoms with Crippen LogP contribution in [-0.4, -0.2) is 33.1 Å². The van der Waals surface area contributed by atoms with Crippen LogP contribution in [0.15, 0.2) is 30.7 Å². The first-order valence-electron chi connectivity index (χ1n) is 5.34. The molecule has 0 bridgehead atoms. The van der Waals surface area contributed by atoms with Gasteiger partial charge in [-0.05, 0) is 12.1 Å². The van der Waals surface area contributed by atoms with Crippen LogP contribution in [0.4, 0.5) is 5.82 Å². The van der Waals surface area contributed by atoms with Gasteiger partial charge in [-0.25, -0.2) is 0 Å². The molecule has 17 heavy (non-hydrogen) atoms. The van der Waals surface area contributed by atoms with Crippen LogP contribution in [0.2, 0.25) is 0 Å². The van der Waals surface area contributed by atoms with Crippen molar-refractivity contribution in [2.24, 2.45) is 0 Å². The second kappa shape index (κ2) is 3.87. The number of anilines is 1. The molecule has 0 aliphatic carbocycles. The summed E-state index contributed by atoms with van der Waals surface area (Å²) < 4.78 is 1.93. The number of nitrogens with zero attached hydrogens (tertiary/aromatic N) is 6. The highest BCUT2D eigenvalue weighted by molar-refractivity contribution is 5.54. The lowest BCUT2D eigenvalue weighted by molar-refractivity contribution is 0.365. The number of rotatable bonds is 2. The van der Waals surface area contributed by atoms with Gasteiger partial charge in [0, 0.05) is 25.5 Å². The van der Waals surface area contributed by atoms with Gasteiger partial charge in [-0.1, -0.05) is 0 Å². The zero-order chi connectivity index (χ0) is 11.7. The molecule has 0 spiro atoms. The molecule has 3 rings (SSSR count). The largest absolute Gasteiger partial charge is 0.350 e. The molecule has 2 aromatic rings. The van der Waals surface area contributed by atoms with Crippen LogP contribution in [0, 0.1) is 11.3 Å². The molecule has 1 aliphatic heterocycles. The topological polar surface area (TPSA) is 70.6 Å². The molecule has 1 aliphatic rings. The van der Waals surface area contributed by atoms with E-state index >= 15 is 0 Å². The first kappa shape index (κ1) is 9.78. The van der Waals surface area contributed by atoms with Gasteiger partial charge in [0.25, 0.3) is 0 Å². The van der Waals surface area contributed by atoms with Crippen molar-refractivity contribution < 1.29 is 0 Å². The Hall–Kier alpha value is -2.42. The maximum Gasteiger partial charge on any atom is 0.169 e. The third kappa shape index (κ3) is 1.61. The van der Waals surface area contributed by atoms with E-state index in [2.05, 4.69) is 21.4 Å². The van der Waals surface area contributed by atoms with Crippen molar-refractivity contribution in [1.82, 2.24) is 20.0 Å². The van der Waals surface area contributed by atoms with Crippen molar-refractivity contribution in [3.63, 3.8) is 0 Å². The fourth-order valence-electron chi connectivity index (χ4n) is 1.94. The van der Waals surface area contributed by atoms with Crippen LogP contribution in [0.25, 0.3) is 0 Å². The summed E-state index contributed by atoms with van der Waals surface area (Å²) in [5.41, 5.74) is 0.568. The third-order valence-corrected chi connectivity index (χ3v) is 2.88. The molecule has 0 saturated carbocycles. The Labute approximate surface area is 98.1 Å². The van der Waals surface area contributed by atoms with Crippen molar-refractivity contribution >= 4 is 5.82 Å². The van der Waals surface area contributed by atoms with E-state index in [-0.39, 0.29) is 0 Å². The van der Waals surface area contributed by atoms with Gasteiger partial charge in [0.2, 0.25) is 0 Å². The molecular formula is C11H10N6. The highest BCUT2D eigenvalue weighted by atomic mass is 15.4. The van der Waals surface area contributed by atoms with Gasteiger partial charge in [-0.3, -0.25) is 4.68 Å². The monoisotopic (exact) mass is 226 g/mol. The highest BCUT2D eigenvalue weighted by Crippen LogP contribution is 2.27. The fourth-order valence-corrected chi connectivity index (χ4v) is 1.94. The molecule has 1 fully saturated rings. The molecule has 0 aromatic carbocycles. The van der Waals surface area contributed by atoms with E-state index in [1.165, 1.54) is 6.20 Å². The van der Waals surface area contributed by atoms with Gasteiger partial charge < -0.3 is 4.90 Å². The average molecular weight is 226 g/mol. The van der Waals surface area contributed by atoms with Crippen LogP contribution in [0.1, 0.15) is 11.6 Å². The van der Waals surface area contributed by atoms with Crippen LogP contribution in [0.3, 0.4) is 0 Å². The van der Waals surface area contributed by atoms with E-state index in [0.717, 1.165) is 13.1 Å². The van der Waals surface area contributed by atoms with Crippen LogP contribution < -0.4 is 4.90 Å². The number of aromatic nitrogens is 4. The minimum Gasteiger partial charge on any atom is -0.350 e. The summed E-state index contributed by atoms with van der Waals surface area (Å²) in [7, 11) is 0. The number of hydrogen-bond acceptors (Lipinski definition) is 5. The van der Waals surface area contributed by atoms with Crippen molar-refractivity contribution in [3.8, 4) is 6.07 Å². The lowest BCUT2D eigenvalue weighted by Gasteiger charge is -2.39. The average Bonchev–Trinajstić information content (AvgIpc) is 2.81. The Morgan fingerprint density at radius 2 is 2.24 bits per heavy atom. The van der Waals surface area contributed by atoms with Gasteiger partial charge in [0.05, 0.1) is 17.8 Å². The number of hydrogen-bond donors (Lipinski definition) is 0.